The van der Waals surface area contributed by atoms with Crippen LogP contribution in [-0.4, -0.2) is 30.7 Å². The Kier molecular flexibility index (Phi) is 4.57. The van der Waals surface area contributed by atoms with E-state index in [0.29, 0.717) is 0 Å². The van der Waals surface area contributed by atoms with Gasteiger partial charge >= 0.3 is 18.1 Å². The normalized spacial score (nSPS) is 12.5. The number of hydrogen-bond acceptors (Lipinski definition) is 4. The average molecular weight is 224 g/mol. The number of nitrogens with zero attached hydrogens (tertiary/aromatic N) is 1. The van der Waals surface area contributed by atoms with Gasteiger partial charge in [-0.1, -0.05) is 0 Å². The molecule has 0 unspecified atom stereocenters. The quantitative estimate of drug-likeness (QED) is 0.690. The number of carbonyl (C=O) groups is 2. The molecule has 1 N–H and O–H groups in total. The Labute approximate surface area is 82.8 Å². The van der Waals surface area contributed by atoms with E-state index in [1.807, 2.05) is 0 Å². The minimum absolute atomic E-state index is 0.0983. The third-order valence-corrected chi connectivity index (χ3v) is 1.18. The van der Waals surface area contributed by atoms with Crippen LogP contribution in [0.5, 0.6) is 0 Å². The second-order valence-corrected chi connectivity index (χ2v) is 2.29. The molecule has 8 heteroatoms. The standard InChI is InChI=1S/C7H7F3N2O3/c1-2-15-5(13)4(3-11)12-6(14)7(8,9)10/h4H,2H2,1H3,(H,12,14)/t4-/m1/s1. The van der Waals surface area contributed by atoms with Crippen molar-refractivity contribution in [2.45, 2.75) is 19.1 Å². The van der Waals surface area contributed by atoms with E-state index in [2.05, 4.69) is 4.74 Å². The molecule has 84 valence electrons. The Morgan fingerprint density at radius 2 is 2.07 bits per heavy atom. The molecule has 0 bridgehead atoms. The van der Waals surface area contributed by atoms with Crippen molar-refractivity contribution in [1.82, 2.24) is 5.32 Å². The summed E-state index contributed by atoms with van der Waals surface area (Å²) in [5.74, 6) is -3.58. The van der Waals surface area contributed by atoms with E-state index in [1.165, 1.54) is 18.3 Å². The molecule has 0 aromatic rings. The Morgan fingerprint density at radius 3 is 2.40 bits per heavy atom. The number of ether oxygens (including phenoxy) is 1. The topological polar surface area (TPSA) is 79.2 Å². The van der Waals surface area contributed by atoms with E-state index in [9.17, 15) is 22.8 Å². The molecule has 0 rings (SSSR count). The highest BCUT2D eigenvalue weighted by Gasteiger charge is 2.41. The maximum Gasteiger partial charge on any atom is 0.471 e. The lowest BCUT2D eigenvalue weighted by Crippen LogP contribution is -2.46. The fourth-order valence-electron chi connectivity index (χ4n) is 0.582. The number of hydrogen-bond donors (Lipinski definition) is 1. The monoisotopic (exact) mass is 224 g/mol. The Hall–Kier alpha value is -1.78. The summed E-state index contributed by atoms with van der Waals surface area (Å²) < 4.78 is 39.4. The highest BCUT2D eigenvalue weighted by atomic mass is 19.4. The second kappa shape index (κ2) is 5.19. The summed E-state index contributed by atoms with van der Waals surface area (Å²) in [5, 5.41) is 9.50. The second-order valence-electron chi connectivity index (χ2n) is 2.29. The Balaban J connectivity index is 4.43. The Bertz CT molecular complexity index is 295. The van der Waals surface area contributed by atoms with Crippen molar-refractivity contribution >= 4 is 11.9 Å². The van der Waals surface area contributed by atoms with Gasteiger partial charge < -0.3 is 10.1 Å². The molecule has 0 aromatic heterocycles. The molecule has 0 aromatic carbocycles. The molecule has 5 nitrogen and oxygen atoms in total. The third-order valence-electron chi connectivity index (χ3n) is 1.18. The zero-order chi connectivity index (χ0) is 12.1. The first-order valence-electron chi connectivity index (χ1n) is 3.76. The zero-order valence-corrected chi connectivity index (χ0v) is 7.59. The van der Waals surface area contributed by atoms with E-state index >= 15 is 0 Å². The lowest BCUT2D eigenvalue weighted by Gasteiger charge is -2.11. The minimum Gasteiger partial charge on any atom is -0.464 e. The molecule has 0 radical (unpaired) electrons. The zero-order valence-electron chi connectivity index (χ0n) is 7.59. The smallest absolute Gasteiger partial charge is 0.464 e. The van der Waals surface area contributed by atoms with Gasteiger partial charge in [-0.25, -0.2) is 4.79 Å². The largest absolute Gasteiger partial charge is 0.471 e. The summed E-state index contributed by atoms with van der Waals surface area (Å²) in [6, 6.07) is -0.762. The van der Waals surface area contributed by atoms with E-state index in [1.54, 1.807) is 0 Å². The number of carbonyl (C=O) groups excluding carboxylic acids is 2. The molecule has 15 heavy (non-hydrogen) atoms. The van der Waals surface area contributed by atoms with E-state index in [0.717, 1.165) is 0 Å². The van der Waals surface area contributed by atoms with Crippen LogP contribution in [0.15, 0.2) is 0 Å². The maximum absolute atomic E-state index is 11.7. The average Bonchev–Trinajstić information content (AvgIpc) is 2.12. The predicted octanol–water partition coefficient (Wildman–Crippen LogP) is 0.120. The van der Waals surface area contributed by atoms with Gasteiger partial charge in [-0.3, -0.25) is 4.79 Å². The molecular formula is C7H7F3N2O3. The fraction of sp³-hybridized carbons (Fsp3) is 0.571. The number of nitriles is 1. The third kappa shape index (κ3) is 4.30. The highest BCUT2D eigenvalue weighted by Crippen LogP contribution is 2.14. The van der Waals surface area contributed by atoms with Gasteiger partial charge in [0.1, 0.15) is 0 Å². The van der Waals surface area contributed by atoms with E-state index in [-0.39, 0.29) is 6.61 Å². The molecule has 0 saturated carbocycles. The predicted molar refractivity (Wildman–Crippen MR) is 40.2 cm³/mol. The molecule has 0 aliphatic heterocycles. The number of halogens is 3. The molecule has 1 amide bonds. The van der Waals surface area contributed by atoms with E-state index < -0.39 is 24.1 Å². The summed E-state index contributed by atoms with van der Waals surface area (Å²) in [7, 11) is 0. The summed E-state index contributed by atoms with van der Waals surface area (Å²) in [6.45, 7) is 1.32. The van der Waals surface area contributed by atoms with Gasteiger partial charge in [-0.2, -0.15) is 18.4 Å². The van der Waals surface area contributed by atoms with Crippen LogP contribution in [0.1, 0.15) is 6.92 Å². The molecule has 0 saturated heterocycles. The van der Waals surface area contributed by atoms with Gasteiger partial charge in [0.25, 0.3) is 0 Å². The first-order valence-corrected chi connectivity index (χ1v) is 3.76. The lowest BCUT2D eigenvalue weighted by molar-refractivity contribution is -0.175. The van der Waals surface area contributed by atoms with Crippen molar-refractivity contribution in [2.75, 3.05) is 6.61 Å². The minimum atomic E-state index is -5.14. The number of nitrogens with one attached hydrogen (secondary N) is 1. The SMILES string of the molecule is CCOC(=O)[C@@H](C#N)NC(=O)C(F)(F)F. The number of rotatable bonds is 3. The van der Waals surface area contributed by atoms with Crippen LogP contribution in [0.4, 0.5) is 13.2 Å². The number of amides is 1. The van der Waals surface area contributed by atoms with Crippen LogP contribution >= 0.6 is 0 Å². The van der Waals surface area contributed by atoms with Gasteiger partial charge in [0.2, 0.25) is 6.04 Å². The lowest BCUT2D eigenvalue weighted by atomic mass is 10.3. The fourth-order valence-corrected chi connectivity index (χ4v) is 0.582. The number of alkyl halides is 3. The van der Waals surface area contributed by atoms with Gasteiger partial charge in [-0.15, -0.1) is 0 Å². The summed E-state index contributed by atoms with van der Waals surface area (Å²) in [5.41, 5.74) is 0. The van der Waals surface area contributed by atoms with E-state index in [4.69, 9.17) is 5.26 Å². The van der Waals surface area contributed by atoms with Gasteiger partial charge in [0.15, 0.2) is 0 Å². The van der Waals surface area contributed by atoms with Crippen molar-refractivity contribution in [3.63, 3.8) is 0 Å². The first-order chi connectivity index (χ1) is 6.82. The molecule has 0 spiro atoms. The van der Waals surface area contributed by atoms with Crippen LogP contribution < -0.4 is 5.32 Å². The van der Waals surface area contributed by atoms with Crippen LogP contribution in [0.25, 0.3) is 0 Å². The molecule has 0 heterocycles. The summed E-state index contributed by atoms with van der Waals surface area (Å²) in [6.07, 6.45) is -5.14. The van der Waals surface area contributed by atoms with Gasteiger partial charge in [0, 0.05) is 0 Å². The molecular weight excluding hydrogens is 217 g/mol. The van der Waals surface area contributed by atoms with Crippen LogP contribution in [0, 0.1) is 11.3 Å². The van der Waals surface area contributed by atoms with Crippen molar-refractivity contribution in [1.29, 1.82) is 5.26 Å². The summed E-state index contributed by atoms with van der Waals surface area (Å²) >= 11 is 0. The first kappa shape index (κ1) is 13.2. The highest BCUT2D eigenvalue weighted by molar-refractivity contribution is 5.89. The molecule has 1 atom stereocenters. The van der Waals surface area contributed by atoms with Gasteiger partial charge in [0.05, 0.1) is 12.7 Å². The van der Waals surface area contributed by atoms with Crippen molar-refractivity contribution in [3.8, 4) is 6.07 Å². The summed E-state index contributed by atoms with van der Waals surface area (Å²) in [4.78, 5) is 21.2. The maximum atomic E-state index is 11.7. The van der Waals surface area contributed by atoms with Crippen LogP contribution in [0.2, 0.25) is 0 Å². The van der Waals surface area contributed by atoms with Crippen molar-refractivity contribution in [3.05, 3.63) is 0 Å². The molecule has 0 fully saturated rings. The van der Waals surface area contributed by atoms with Crippen molar-refractivity contribution < 1.29 is 27.5 Å². The Morgan fingerprint density at radius 1 is 1.53 bits per heavy atom. The molecule has 0 aliphatic rings. The van der Waals surface area contributed by atoms with Crippen LogP contribution in [0.3, 0.4) is 0 Å². The molecule has 0 aliphatic carbocycles. The number of esters is 1. The van der Waals surface area contributed by atoms with Crippen LogP contribution in [-0.2, 0) is 14.3 Å². The van der Waals surface area contributed by atoms with Gasteiger partial charge in [-0.05, 0) is 6.92 Å². The van der Waals surface area contributed by atoms with Crippen molar-refractivity contribution in [2.24, 2.45) is 0 Å².